The van der Waals surface area contributed by atoms with Crippen molar-refractivity contribution in [1.82, 2.24) is 35.1 Å². The average Bonchev–Trinajstić information content (AvgIpc) is 1.38. The van der Waals surface area contributed by atoms with Gasteiger partial charge in [-0.05, 0) is 66.8 Å². The molecule has 0 radical (unpaired) electrons. The first-order valence-corrected chi connectivity index (χ1v) is 32.0. The molecule has 0 unspecified atom stereocenters. The molecule has 4 aliphatic rings. The number of methoxy groups -OCH3 is 2. The maximum atomic E-state index is 14.9. The zero-order valence-electron chi connectivity index (χ0n) is 56.0. The predicted octanol–water partition coefficient (Wildman–Crippen LogP) is 1.99. The van der Waals surface area contributed by atoms with Crippen molar-refractivity contribution in [3.8, 4) is 5.75 Å². The van der Waals surface area contributed by atoms with Crippen LogP contribution in [0.15, 0.2) is 60.7 Å². The van der Waals surface area contributed by atoms with Crippen molar-refractivity contribution in [2.24, 2.45) is 29.6 Å². The fourth-order valence-corrected chi connectivity index (χ4v) is 13.1. The molecule has 28 heteroatoms. The molecule has 6 rings (SSSR count). The first kappa shape index (κ1) is 75.6. The summed E-state index contributed by atoms with van der Waals surface area (Å²) in [6.07, 6.45) is -9.77. The number of likely N-dealkylation sites (N-methyl/N-ethyl adjacent to an activating group) is 3. The first-order chi connectivity index (χ1) is 44.3. The van der Waals surface area contributed by atoms with Gasteiger partial charge in [-0.2, -0.15) is 0 Å². The Labute approximate surface area is 548 Å². The summed E-state index contributed by atoms with van der Waals surface area (Å²) in [4.78, 5) is 143. The van der Waals surface area contributed by atoms with Gasteiger partial charge in [-0.15, -0.1) is 0 Å². The largest absolute Gasteiger partial charge is 0.479 e. The van der Waals surface area contributed by atoms with Crippen molar-refractivity contribution in [3.63, 3.8) is 0 Å². The van der Waals surface area contributed by atoms with Gasteiger partial charge in [0.05, 0.1) is 42.5 Å². The van der Waals surface area contributed by atoms with Gasteiger partial charge < -0.3 is 79.9 Å². The number of amides is 8. The minimum atomic E-state index is -2.05. The van der Waals surface area contributed by atoms with Crippen molar-refractivity contribution >= 4 is 64.9 Å². The lowest BCUT2D eigenvalue weighted by Gasteiger charge is -2.50. The van der Waals surface area contributed by atoms with Crippen LogP contribution in [0.1, 0.15) is 111 Å². The number of nitrogens with zero attached hydrogens (tertiary/aromatic N) is 5. The van der Waals surface area contributed by atoms with Crippen molar-refractivity contribution < 1.29 is 97.2 Å². The fourth-order valence-electron chi connectivity index (χ4n) is 13.1. The molecule has 0 saturated carbocycles. The number of nitrogens with one attached hydrogen (secondary N) is 3. The van der Waals surface area contributed by atoms with Gasteiger partial charge in [0, 0.05) is 85.4 Å². The second kappa shape index (κ2) is 33.3. The Bertz CT molecular complexity index is 3030. The highest BCUT2D eigenvalue weighted by Crippen LogP contribution is 2.35. The van der Waals surface area contributed by atoms with Crippen LogP contribution in [0.25, 0.3) is 0 Å². The minimum absolute atomic E-state index is 0.0448. The molecule has 15 atom stereocenters. The number of hydrogen-bond acceptors (Lipinski definition) is 20. The third kappa shape index (κ3) is 17.5. The first-order valence-electron chi connectivity index (χ1n) is 32.0. The van der Waals surface area contributed by atoms with Gasteiger partial charge in [0.25, 0.3) is 11.8 Å². The summed E-state index contributed by atoms with van der Waals surface area (Å²) in [6, 6.07) is 9.63. The summed E-state index contributed by atoms with van der Waals surface area (Å²) < 4.78 is 28.9. The Morgan fingerprint density at radius 2 is 1.47 bits per heavy atom. The van der Waals surface area contributed by atoms with E-state index in [1.54, 1.807) is 58.5 Å². The average molecular weight is 1320 g/mol. The van der Waals surface area contributed by atoms with Crippen LogP contribution in [0, 0.1) is 29.6 Å². The van der Waals surface area contributed by atoms with Crippen molar-refractivity contribution in [1.29, 1.82) is 0 Å². The van der Waals surface area contributed by atoms with E-state index in [1.165, 1.54) is 44.4 Å². The molecule has 2 aromatic rings. The minimum Gasteiger partial charge on any atom is -0.479 e. The van der Waals surface area contributed by atoms with Crippen LogP contribution in [0.4, 0.5) is 10.5 Å². The van der Waals surface area contributed by atoms with Crippen LogP contribution in [0.2, 0.25) is 0 Å². The molecule has 0 spiro atoms. The quantitative estimate of drug-likeness (QED) is 0.0486. The van der Waals surface area contributed by atoms with Crippen molar-refractivity contribution in [2.75, 3.05) is 66.9 Å². The lowest BCUT2D eigenvalue weighted by molar-refractivity contribution is -0.271. The van der Waals surface area contributed by atoms with E-state index >= 15 is 0 Å². The highest BCUT2D eigenvalue weighted by Gasteiger charge is 2.57. The number of carbonyl (C=O) groups excluding carboxylic acids is 9. The number of carboxylic acids is 1. The summed E-state index contributed by atoms with van der Waals surface area (Å²) in [5.74, 6) is -8.43. The number of anilines is 1. The van der Waals surface area contributed by atoms with Crippen LogP contribution >= 0.6 is 0 Å². The molecule has 94 heavy (non-hydrogen) atoms. The van der Waals surface area contributed by atoms with Crippen LogP contribution in [0.5, 0.6) is 5.75 Å². The fraction of sp³-hybridized carbons (Fsp3) is 0.636. The summed E-state index contributed by atoms with van der Waals surface area (Å²) in [5, 5.41) is 60.4. The number of aliphatic carboxylic acids is 1. The van der Waals surface area contributed by atoms with E-state index in [9.17, 15) is 73.5 Å². The van der Waals surface area contributed by atoms with E-state index in [0.717, 1.165) is 22.0 Å². The van der Waals surface area contributed by atoms with Gasteiger partial charge in [-0.25, -0.2) is 9.59 Å². The Morgan fingerprint density at radius 1 is 0.819 bits per heavy atom. The zero-order chi connectivity index (χ0) is 69.8. The van der Waals surface area contributed by atoms with Crippen LogP contribution in [-0.4, -0.2) is 243 Å². The maximum absolute atomic E-state index is 14.9. The molecular formula is C66H96N8O20. The number of imide groups is 1. The number of benzene rings is 2. The van der Waals surface area contributed by atoms with Gasteiger partial charge in [0.15, 0.2) is 11.6 Å². The van der Waals surface area contributed by atoms with E-state index in [1.807, 2.05) is 51.1 Å². The lowest BCUT2D eigenvalue weighted by atomic mass is 9.85. The maximum Gasteiger partial charge on any atom is 0.410 e. The molecule has 3 saturated heterocycles. The third-order valence-electron chi connectivity index (χ3n) is 18.5. The highest BCUT2D eigenvalue weighted by atomic mass is 16.7. The number of carbonyl (C=O) groups is 10. The van der Waals surface area contributed by atoms with E-state index in [0.29, 0.717) is 31.4 Å². The van der Waals surface area contributed by atoms with Gasteiger partial charge in [0.1, 0.15) is 48.5 Å². The van der Waals surface area contributed by atoms with Gasteiger partial charge >= 0.3 is 12.1 Å². The Balaban J connectivity index is 1.12. The number of carboxylic acid groups (broad SMARTS) is 1. The number of rotatable bonds is 32. The highest BCUT2D eigenvalue weighted by molar-refractivity contribution is 6.16. The molecular weight excluding hydrogens is 1220 g/mol. The summed E-state index contributed by atoms with van der Waals surface area (Å²) in [7, 11) is 7.64. The van der Waals surface area contributed by atoms with E-state index in [4.69, 9.17) is 23.7 Å². The SMILES string of the molecule is CC[C@H](C)[C@@H]([C@@H](CC(=O)N1CCC[C@H]1[C@H](OC)[C@@H](C)C(=O)C[C@H](C)[C@@H](O)c1ccccc1)OC)N(C)C(=O)[C@@H](NC(=O)[C@H](C(C)C)N(C)C(=O)OCc1ccc(O[C@@H]2O[C@H](C(=O)O)[C@@H](O)[C@H](O)[C@H]2O)c(NC(=O)CCNC(=O)C2(N3C(=O)C=CC3=O)CN(C)C2)c1)C(C)C. The molecule has 8 N–H and O–H groups in total. The molecule has 4 heterocycles. The van der Waals surface area contributed by atoms with Gasteiger partial charge in [-0.1, -0.05) is 98.2 Å². The van der Waals surface area contributed by atoms with Crippen LogP contribution in [0.3, 0.4) is 0 Å². The Kier molecular flexibility index (Phi) is 26.8. The number of aliphatic hydroxyl groups excluding tert-OH is 4. The molecule has 8 amide bonds. The van der Waals surface area contributed by atoms with Gasteiger partial charge in [-0.3, -0.25) is 48.2 Å². The topological polar surface area (TPSA) is 370 Å². The number of hydrogen-bond donors (Lipinski definition) is 8. The summed E-state index contributed by atoms with van der Waals surface area (Å²) >= 11 is 0. The summed E-state index contributed by atoms with van der Waals surface area (Å²) in [6.45, 7) is 14.1. The lowest BCUT2D eigenvalue weighted by Crippen LogP contribution is -2.76. The number of Topliss-reactive ketones (excluding diaryl/α,β-unsaturated/α-hetero) is 1. The van der Waals surface area contributed by atoms with E-state index in [-0.39, 0.29) is 73.0 Å². The molecule has 4 aliphatic heterocycles. The zero-order valence-corrected chi connectivity index (χ0v) is 56.0. The van der Waals surface area contributed by atoms with Crippen LogP contribution in [-0.2, 0) is 68.7 Å². The number of ether oxygens (including phenoxy) is 5. The molecule has 28 nitrogen and oxygen atoms in total. The summed E-state index contributed by atoms with van der Waals surface area (Å²) in [5.41, 5.74) is -0.758. The predicted molar refractivity (Wildman–Crippen MR) is 339 cm³/mol. The number of aliphatic hydroxyl groups is 4. The normalized spacial score (nSPS) is 23.2. The molecule has 520 valence electrons. The molecule has 0 aromatic heterocycles. The second-order valence-electron chi connectivity index (χ2n) is 26.0. The molecule has 2 aromatic carbocycles. The van der Waals surface area contributed by atoms with E-state index in [2.05, 4.69) is 16.0 Å². The van der Waals surface area contributed by atoms with Gasteiger partial charge in [0.2, 0.25) is 35.8 Å². The van der Waals surface area contributed by atoms with Crippen LogP contribution < -0.4 is 20.7 Å². The molecule has 3 fully saturated rings. The van der Waals surface area contributed by atoms with Crippen molar-refractivity contribution in [3.05, 3.63) is 71.8 Å². The Hall–Kier alpha value is -7.44. The smallest absolute Gasteiger partial charge is 0.410 e. The number of ketones is 1. The standard InChI is InChI=1S/C66H96N8O20/c1-14-37(6)53(46(90-12)31-50(79)73-28-18-21-43(73)58(91-13)39(8)44(75)29-38(7)54(80)41-19-16-15-17-20-41)71(10)61(85)51(35(2)3)69-60(84)52(36(4)5)72(11)65(89)92-32-40-22-23-45(93-63-57(83)55(81)56(82)59(94-63)62(86)87)42(30-40)68-47(76)26-27-67-64(88)66(33-70(9)34-66)74-48(77)24-25-49(74)78/h15-17,19-20,22-25,30,35-39,43,46,51-59,63,80-83H,14,18,21,26-29,31-34H2,1-13H3,(H,67,88)(H,68,76)(H,69,84)(H,86,87)/t37-,38-,39-,43-,46+,51-,52-,53-,54+,55-,56-,57+,58+,59-,63+/m0/s1. The second-order valence-corrected chi connectivity index (χ2v) is 26.0. The monoisotopic (exact) mass is 1320 g/mol. The number of likely N-dealkylation sites (tertiary alicyclic amines) is 2. The molecule has 0 aliphatic carbocycles. The Morgan fingerprint density at radius 3 is 2.04 bits per heavy atom. The van der Waals surface area contributed by atoms with Crippen molar-refractivity contribution in [2.45, 2.75) is 179 Å². The van der Waals surface area contributed by atoms with E-state index < -0.39 is 157 Å². The molecule has 0 bridgehead atoms. The third-order valence-corrected chi connectivity index (χ3v) is 18.5.